The van der Waals surface area contributed by atoms with Crippen molar-refractivity contribution in [3.63, 3.8) is 0 Å². The van der Waals surface area contributed by atoms with E-state index in [-0.39, 0.29) is 12.0 Å². The molecule has 93 valence electrons. The molecule has 0 aliphatic carbocycles. The summed E-state index contributed by atoms with van der Waals surface area (Å²) in [6.07, 6.45) is 0. The van der Waals surface area contributed by atoms with Gasteiger partial charge >= 0.3 is 0 Å². The maximum Gasteiger partial charge on any atom is 0.0408 e. The van der Waals surface area contributed by atoms with Gasteiger partial charge in [0.25, 0.3) is 0 Å². The van der Waals surface area contributed by atoms with Crippen molar-refractivity contribution in [1.82, 2.24) is 5.32 Å². The fraction of sp³-hybridized carbons (Fsp3) is 0.188. The summed E-state index contributed by atoms with van der Waals surface area (Å²) in [5, 5.41) is 3.99. The molecule has 0 heterocycles. The van der Waals surface area contributed by atoms with Crippen LogP contribution in [0.15, 0.2) is 54.6 Å². The van der Waals surface area contributed by atoms with E-state index in [2.05, 4.69) is 42.6 Å². The lowest BCUT2D eigenvalue weighted by Crippen LogP contribution is -2.30. The zero-order valence-corrected chi connectivity index (χ0v) is 11.2. The van der Waals surface area contributed by atoms with Gasteiger partial charge in [0.15, 0.2) is 0 Å². The SMILES string of the molecule is [CH2]C(NC)C(c1ccccc1)c1cccc(Cl)c1. The van der Waals surface area contributed by atoms with Crippen molar-refractivity contribution >= 4 is 11.6 Å². The van der Waals surface area contributed by atoms with Crippen molar-refractivity contribution in [1.29, 1.82) is 0 Å². The Morgan fingerprint density at radius 1 is 1.00 bits per heavy atom. The number of likely N-dealkylation sites (N-methyl/N-ethyl adjacent to an activating group) is 1. The van der Waals surface area contributed by atoms with E-state index in [4.69, 9.17) is 11.6 Å². The van der Waals surface area contributed by atoms with E-state index in [1.807, 2.05) is 31.3 Å². The van der Waals surface area contributed by atoms with E-state index in [0.717, 1.165) is 5.02 Å². The van der Waals surface area contributed by atoms with Crippen molar-refractivity contribution < 1.29 is 0 Å². The van der Waals surface area contributed by atoms with Crippen molar-refractivity contribution in [3.05, 3.63) is 77.7 Å². The summed E-state index contributed by atoms with van der Waals surface area (Å²) < 4.78 is 0. The third-order valence-electron chi connectivity index (χ3n) is 3.14. The van der Waals surface area contributed by atoms with E-state index < -0.39 is 0 Å². The predicted molar refractivity (Wildman–Crippen MR) is 77.9 cm³/mol. The highest BCUT2D eigenvalue weighted by atomic mass is 35.5. The van der Waals surface area contributed by atoms with E-state index in [1.54, 1.807) is 0 Å². The molecule has 1 radical (unpaired) electrons. The molecule has 0 fully saturated rings. The van der Waals surface area contributed by atoms with Gasteiger partial charge in [0.1, 0.15) is 0 Å². The predicted octanol–water partition coefficient (Wildman–Crippen LogP) is 3.89. The van der Waals surface area contributed by atoms with E-state index in [0.29, 0.717) is 0 Å². The summed E-state index contributed by atoms with van der Waals surface area (Å²) in [6, 6.07) is 18.5. The van der Waals surface area contributed by atoms with Crippen LogP contribution < -0.4 is 5.32 Å². The standard InChI is InChI=1S/C16H17ClN/c1-12(18-2)16(13-7-4-3-5-8-13)14-9-6-10-15(17)11-14/h3-12,16,18H,1H2,2H3. The average Bonchev–Trinajstić information content (AvgIpc) is 2.40. The van der Waals surface area contributed by atoms with Crippen LogP contribution in [0.3, 0.4) is 0 Å². The lowest BCUT2D eigenvalue weighted by Gasteiger charge is -2.24. The minimum atomic E-state index is 0.103. The summed E-state index contributed by atoms with van der Waals surface area (Å²) in [5.41, 5.74) is 2.43. The average molecular weight is 259 g/mol. The number of benzene rings is 2. The Morgan fingerprint density at radius 3 is 2.28 bits per heavy atom. The first-order valence-electron chi connectivity index (χ1n) is 6.03. The molecular formula is C16H17ClN. The summed E-state index contributed by atoms with van der Waals surface area (Å²) in [5.74, 6) is 0.204. The highest BCUT2D eigenvalue weighted by molar-refractivity contribution is 6.30. The van der Waals surface area contributed by atoms with Crippen LogP contribution in [0.4, 0.5) is 0 Å². The molecule has 0 aliphatic rings. The van der Waals surface area contributed by atoms with Crippen LogP contribution in [-0.4, -0.2) is 13.1 Å². The van der Waals surface area contributed by atoms with Gasteiger partial charge in [-0.3, -0.25) is 0 Å². The number of hydrogen-bond acceptors (Lipinski definition) is 1. The third kappa shape index (κ3) is 2.92. The van der Waals surface area contributed by atoms with Gasteiger partial charge in [0.2, 0.25) is 0 Å². The van der Waals surface area contributed by atoms with Crippen LogP contribution >= 0.6 is 11.6 Å². The molecule has 1 nitrogen and oxygen atoms in total. The van der Waals surface area contributed by atoms with Gasteiger partial charge in [0.05, 0.1) is 0 Å². The maximum atomic E-state index is 6.08. The molecule has 2 atom stereocenters. The van der Waals surface area contributed by atoms with Crippen LogP contribution in [0.2, 0.25) is 5.02 Å². The fourth-order valence-electron chi connectivity index (χ4n) is 2.18. The largest absolute Gasteiger partial charge is 0.316 e. The zero-order chi connectivity index (χ0) is 13.0. The third-order valence-corrected chi connectivity index (χ3v) is 3.37. The Bertz CT molecular complexity index is 495. The van der Waals surface area contributed by atoms with Gasteiger partial charge in [-0.2, -0.15) is 0 Å². The lowest BCUT2D eigenvalue weighted by atomic mass is 9.86. The Kier molecular flexibility index (Phi) is 4.40. The number of hydrogen-bond donors (Lipinski definition) is 1. The molecule has 0 saturated carbocycles. The fourth-order valence-corrected chi connectivity index (χ4v) is 2.38. The van der Waals surface area contributed by atoms with E-state index in [1.165, 1.54) is 11.1 Å². The molecule has 2 aromatic rings. The van der Waals surface area contributed by atoms with Gasteiger partial charge in [-0.15, -0.1) is 0 Å². The quantitative estimate of drug-likeness (QED) is 0.877. The second kappa shape index (κ2) is 6.03. The summed E-state index contributed by atoms with van der Waals surface area (Å²) in [6.45, 7) is 4.19. The molecule has 2 aromatic carbocycles. The Balaban J connectivity index is 2.43. The molecule has 0 spiro atoms. The van der Waals surface area contributed by atoms with E-state index in [9.17, 15) is 0 Å². The summed E-state index contributed by atoms with van der Waals surface area (Å²) in [7, 11) is 1.93. The molecule has 0 aromatic heterocycles. The van der Waals surface area contributed by atoms with Crippen LogP contribution in [0.25, 0.3) is 0 Å². The van der Waals surface area contributed by atoms with Gasteiger partial charge < -0.3 is 5.32 Å². The Morgan fingerprint density at radius 2 is 1.67 bits per heavy atom. The minimum Gasteiger partial charge on any atom is -0.316 e. The summed E-state index contributed by atoms with van der Waals surface area (Å²) >= 11 is 6.08. The second-order valence-electron chi connectivity index (χ2n) is 4.34. The molecule has 2 heteroatoms. The smallest absolute Gasteiger partial charge is 0.0408 e. The van der Waals surface area contributed by atoms with Gasteiger partial charge in [-0.05, 0) is 37.2 Å². The van der Waals surface area contributed by atoms with Crippen molar-refractivity contribution in [2.45, 2.75) is 12.0 Å². The summed E-state index contributed by atoms with van der Waals surface area (Å²) in [4.78, 5) is 0. The van der Waals surface area contributed by atoms with Gasteiger partial charge in [0, 0.05) is 17.0 Å². The maximum absolute atomic E-state index is 6.08. The number of rotatable bonds is 4. The molecule has 0 aliphatic heterocycles. The van der Waals surface area contributed by atoms with Crippen LogP contribution in [0, 0.1) is 6.92 Å². The molecule has 0 saturated heterocycles. The molecule has 18 heavy (non-hydrogen) atoms. The van der Waals surface area contributed by atoms with Crippen LogP contribution in [0.1, 0.15) is 17.0 Å². The molecule has 0 bridgehead atoms. The highest BCUT2D eigenvalue weighted by Gasteiger charge is 2.20. The lowest BCUT2D eigenvalue weighted by molar-refractivity contribution is 0.592. The first kappa shape index (κ1) is 13.1. The molecule has 0 amide bonds. The normalized spacial score (nSPS) is 14.2. The topological polar surface area (TPSA) is 12.0 Å². The van der Waals surface area contributed by atoms with Crippen LogP contribution in [-0.2, 0) is 0 Å². The Hall–Kier alpha value is -1.31. The Labute approximate surface area is 114 Å². The number of halogens is 1. The second-order valence-corrected chi connectivity index (χ2v) is 4.77. The van der Waals surface area contributed by atoms with Crippen LogP contribution in [0.5, 0.6) is 0 Å². The monoisotopic (exact) mass is 258 g/mol. The molecule has 2 unspecified atom stereocenters. The first-order chi connectivity index (χ1) is 8.72. The molecule has 1 N–H and O–H groups in total. The van der Waals surface area contributed by atoms with E-state index >= 15 is 0 Å². The zero-order valence-electron chi connectivity index (χ0n) is 10.4. The van der Waals surface area contributed by atoms with Gasteiger partial charge in [-0.1, -0.05) is 54.1 Å². The molecular weight excluding hydrogens is 242 g/mol. The highest BCUT2D eigenvalue weighted by Crippen LogP contribution is 2.29. The molecule has 2 rings (SSSR count). The van der Waals surface area contributed by atoms with Crippen molar-refractivity contribution in [2.75, 3.05) is 7.05 Å². The van der Waals surface area contributed by atoms with Crippen molar-refractivity contribution in [3.8, 4) is 0 Å². The van der Waals surface area contributed by atoms with Gasteiger partial charge in [-0.25, -0.2) is 0 Å². The minimum absolute atomic E-state index is 0.103. The number of nitrogens with one attached hydrogen (secondary N) is 1. The first-order valence-corrected chi connectivity index (χ1v) is 6.41. The van der Waals surface area contributed by atoms with Crippen molar-refractivity contribution in [2.24, 2.45) is 0 Å².